The van der Waals surface area contributed by atoms with Gasteiger partial charge in [0, 0.05) is 5.56 Å². The van der Waals surface area contributed by atoms with Crippen molar-refractivity contribution < 1.29 is 9.53 Å². The minimum Gasteiger partial charge on any atom is -0.481 e. The van der Waals surface area contributed by atoms with Gasteiger partial charge in [-0.1, -0.05) is 42.0 Å². The average Bonchev–Trinajstić information content (AvgIpc) is 3.04. The minimum absolute atomic E-state index is 0.222. The number of nitrogens with zero attached hydrogens (tertiary/aromatic N) is 2. The largest absolute Gasteiger partial charge is 0.481 e. The van der Waals surface area contributed by atoms with Crippen molar-refractivity contribution in [3.63, 3.8) is 0 Å². The van der Waals surface area contributed by atoms with Gasteiger partial charge in [0.05, 0.1) is 0 Å². The van der Waals surface area contributed by atoms with Crippen molar-refractivity contribution in [3.05, 3.63) is 60.2 Å². The van der Waals surface area contributed by atoms with Gasteiger partial charge >= 0.3 is 0 Å². The predicted molar refractivity (Wildman–Crippen MR) is 91.7 cm³/mol. The number of anilines is 1. The molecule has 6 heteroatoms. The number of rotatable bonds is 5. The van der Waals surface area contributed by atoms with Gasteiger partial charge in [-0.3, -0.25) is 15.2 Å². The molecular weight excluding hydrogens is 304 g/mol. The molecule has 0 spiro atoms. The van der Waals surface area contributed by atoms with Crippen LogP contribution in [-0.2, 0) is 4.79 Å². The first-order valence-electron chi connectivity index (χ1n) is 7.64. The van der Waals surface area contributed by atoms with Crippen LogP contribution < -0.4 is 10.1 Å². The summed E-state index contributed by atoms with van der Waals surface area (Å²) in [4.78, 5) is 16.5. The van der Waals surface area contributed by atoms with E-state index >= 15 is 0 Å². The first-order valence-corrected chi connectivity index (χ1v) is 7.64. The van der Waals surface area contributed by atoms with E-state index in [2.05, 4.69) is 20.5 Å². The first kappa shape index (κ1) is 15.7. The van der Waals surface area contributed by atoms with E-state index in [4.69, 9.17) is 4.74 Å². The van der Waals surface area contributed by atoms with E-state index in [1.807, 2.05) is 49.4 Å². The number of nitrogens with one attached hydrogen (secondary N) is 2. The smallest absolute Gasteiger partial charge is 0.267 e. The predicted octanol–water partition coefficient (Wildman–Crippen LogP) is 3.19. The molecule has 24 heavy (non-hydrogen) atoms. The zero-order chi connectivity index (χ0) is 16.9. The SMILES string of the molecule is Cc1cccc(-c2nc(NC(=O)[C@@H](C)Oc3ccccc3)n[nH]2)c1. The number of aromatic nitrogens is 3. The number of ether oxygens (including phenoxy) is 1. The molecule has 0 radical (unpaired) electrons. The van der Waals surface area contributed by atoms with Crippen LogP contribution in [0.1, 0.15) is 12.5 Å². The summed E-state index contributed by atoms with van der Waals surface area (Å²) < 4.78 is 5.58. The Morgan fingerprint density at radius 1 is 1.17 bits per heavy atom. The summed E-state index contributed by atoms with van der Waals surface area (Å²) in [6, 6.07) is 17.1. The highest BCUT2D eigenvalue weighted by Gasteiger charge is 2.17. The summed E-state index contributed by atoms with van der Waals surface area (Å²) in [5, 5.41) is 9.50. The Bertz CT molecular complexity index is 830. The zero-order valence-corrected chi connectivity index (χ0v) is 13.5. The Morgan fingerprint density at radius 3 is 2.71 bits per heavy atom. The van der Waals surface area contributed by atoms with Crippen LogP contribution in [-0.4, -0.2) is 27.2 Å². The van der Waals surface area contributed by atoms with Gasteiger partial charge in [-0.2, -0.15) is 4.98 Å². The molecule has 0 saturated carbocycles. The van der Waals surface area contributed by atoms with Crippen molar-refractivity contribution in [3.8, 4) is 17.1 Å². The average molecular weight is 322 g/mol. The van der Waals surface area contributed by atoms with Crippen LogP contribution in [0.4, 0.5) is 5.95 Å². The van der Waals surface area contributed by atoms with Gasteiger partial charge in [0.1, 0.15) is 5.75 Å². The van der Waals surface area contributed by atoms with Gasteiger partial charge in [-0.15, -0.1) is 5.10 Å². The number of carbonyl (C=O) groups excluding carboxylic acids is 1. The molecule has 3 aromatic rings. The maximum atomic E-state index is 12.2. The lowest BCUT2D eigenvalue weighted by molar-refractivity contribution is -0.122. The Hall–Kier alpha value is -3.15. The summed E-state index contributed by atoms with van der Waals surface area (Å²) >= 11 is 0. The lowest BCUT2D eigenvalue weighted by Crippen LogP contribution is -2.30. The molecule has 0 aliphatic carbocycles. The summed E-state index contributed by atoms with van der Waals surface area (Å²) in [7, 11) is 0. The molecule has 2 aromatic carbocycles. The summed E-state index contributed by atoms with van der Waals surface area (Å²) in [6.07, 6.45) is -0.659. The van der Waals surface area contributed by atoms with E-state index in [-0.39, 0.29) is 11.9 Å². The molecular formula is C18H18N4O2. The molecule has 0 saturated heterocycles. The minimum atomic E-state index is -0.659. The number of amides is 1. The van der Waals surface area contributed by atoms with Crippen LogP contribution in [0.3, 0.4) is 0 Å². The van der Waals surface area contributed by atoms with Crippen molar-refractivity contribution >= 4 is 11.9 Å². The maximum absolute atomic E-state index is 12.2. The fraction of sp³-hybridized carbons (Fsp3) is 0.167. The fourth-order valence-corrected chi connectivity index (χ4v) is 2.21. The first-order chi connectivity index (χ1) is 11.6. The van der Waals surface area contributed by atoms with Crippen molar-refractivity contribution in [1.29, 1.82) is 0 Å². The molecule has 6 nitrogen and oxygen atoms in total. The lowest BCUT2D eigenvalue weighted by atomic mass is 10.1. The molecule has 0 bridgehead atoms. The third-order valence-electron chi connectivity index (χ3n) is 3.44. The number of H-pyrrole nitrogens is 1. The highest BCUT2D eigenvalue weighted by molar-refractivity contribution is 5.92. The van der Waals surface area contributed by atoms with Crippen LogP contribution in [0.15, 0.2) is 54.6 Å². The number of benzene rings is 2. The molecule has 0 aliphatic heterocycles. The zero-order valence-electron chi connectivity index (χ0n) is 13.5. The number of para-hydroxylation sites is 1. The van der Waals surface area contributed by atoms with Crippen LogP contribution in [0.25, 0.3) is 11.4 Å². The second-order valence-corrected chi connectivity index (χ2v) is 5.44. The molecule has 0 aliphatic rings. The van der Waals surface area contributed by atoms with E-state index in [1.165, 1.54) is 0 Å². The number of carbonyl (C=O) groups is 1. The molecule has 3 rings (SSSR count). The van der Waals surface area contributed by atoms with Crippen molar-refractivity contribution in [2.24, 2.45) is 0 Å². The molecule has 1 amide bonds. The summed E-state index contributed by atoms with van der Waals surface area (Å²) in [5.41, 5.74) is 2.04. The maximum Gasteiger partial charge on any atom is 0.267 e. The van der Waals surface area contributed by atoms with Crippen LogP contribution in [0, 0.1) is 6.92 Å². The van der Waals surface area contributed by atoms with Gasteiger partial charge in [0.25, 0.3) is 5.91 Å². The van der Waals surface area contributed by atoms with E-state index < -0.39 is 6.10 Å². The van der Waals surface area contributed by atoms with E-state index in [0.717, 1.165) is 11.1 Å². The Labute approximate surface area is 139 Å². The monoisotopic (exact) mass is 322 g/mol. The van der Waals surface area contributed by atoms with E-state index in [1.54, 1.807) is 19.1 Å². The number of hydrogen-bond donors (Lipinski definition) is 2. The van der Waals surface area contributed by atoms with Gasteiger partial charge in [0.15, 0.2) is 11.9 Å². The summed E-state index contributed by atoms with van der Waals surface area (Å²) in [5.74, 6) is 1.15. The summed E-state index contributed by atoms with van der Waals surface area (Å²) in [6.45, 7) is 3.68. The normalized spacial score (nSPS) is 11.8. The lowest BCUT2D eigenvalue weighted by Gasteiger charge is -2.13. The molecule has 1 aromatic heterocycles. The van der Waals surface area contributed by atoms with Crippen LogP contribution in [0.5, 0.6) is 5.75 Å². The molecule has 1 atom stereocenters. The van der Waals surface area contributed by atoms with Gasteiger partial charge in [0.2, 0.25) is 5.95 Å². The Kier molecular flexibility index (Phi) is 4.56. The molecule has 122 valence electrons. The Balaban J connectivity index is 1.65. The molecule has 0 unspecified atom stereocenters. The van der Waals surface area contributed by atoms with Crippen molar-refractivity contribution in [2.75, 3.05) is 5.32 Å². The van der Waals surface area contributed by atoms with E-state index in [9.17, 15) is 4.79 Å². The second-order valence-electron chi connectivity index (χ2n) is 5.44. The van der Waals surface area contributed by atoms with Crippen molar-refractivity contribution in [1.82, 2.24) is 15.2 Å². The quantitative estimate of drug-likeness (QED) is 0.756. The van der Waals surface area contributed by atoms with Crippen molar-refractivity contribution in [2.45, 2.75) is 20.0 Å². The van der Waals surface area contributed by atoms with Crippen LogP contribution in [0.2, 0.25) is 0 Å². The topological polar surface area (TPSA) is 79.9 Å². The third-order valence-corrected chi connectivity index (χ3v) is 3.44. The Morgan fingerprint density at radius 2 is 1.96 bits per heavy atom. The molecule has 2 N–H and O–H groups in total. The van der Waals surface area contributed by atoms with Gasteiger partial charge < -0.3 is 4.74 Å². The molecule has 0 fully saturated rings. The number of aromatic amines is 1. The highest BCUT2D eigenvalue weighted by Crippen LogP contribution is 2.17. The number of hydrogen-bond acceptors (Lipinski definition) is 4. The second kappa shape index (κ2) is 6.95. The van der Waals surface area contributed by atoms with Gasteiger partial charge in [-0.05, 0) is 32.0 Å². The van der Waals surface area contributed by atoms with Crippen LogP contribution >= 0.6 is 0 Å². The fourth-order valence-electron chi connectivity index (χ4n) is 2.21. The number of aryl methyl sites for hydroxylation is 1. The van der Waals surface area contributed by atoms with E-state index in [0.29, 0.717) is 11.6 Å². The van der Waals surface area contributed by atoms with Gasteiger partial charge in [-0.25, -0.2) is 0 Å². The highest BCUT2D eigenvalue weighted by atomic mass is 16.5. The third kappa shape index (κ3) is 3.78. The molecule has 1 heterocycles. The standard InChI is InChI=1S/C18H18N4O2/c1-12-7-6-8-14(11-12)16-19-18(22-21-16)20-17(23)13(2)24-15-9-4-3-5-10-15/h3-11,13H,1-2H3,(H2,19,20,21,22,23)/t13-/m1/s1.